The lowest BCUT2D eigenvalue weighted by Crippen LogP contribution is -2.17. The minimum atomic E-state index is -3.84. The van der Waals surface area contributed by atoms with Gasteiger partial charge in [-0.1, -0.05) is 29.8 Å². The molecule has 0 aliphatic carbocycles. The van der Waals surface area contributed by atoms with Gasteiger partial charge in [-0.2, -0.15) is 8.42 Å². The lowest BCUT2D eigenvalue weighted by molar-refractivity contribution is 0.598. The van der Waals surface area contributed by atoms with Crippen molar-refractivity contribution in [1.82, 2.24) is 4.98 Å². The van der Waals surface area contributed by atoms with Gasteiger partial charge in [0.15, 0.2) is 5.84 Å². The van der Waals surface area contributed by atoms with Gasteiger partial charge in [-0.3, -0.25) is 4.98 Å². The molecule has 0 bridgehead atoms. The average Bonchev–Trinajstić information content (AvgIpc) is 2.39. The van der Waals surface area contributed by atoms with Crippen molar-refractivity contribution in [2.75, 3.05) is 0 Å². The first-order chi connectivity index (χ1) is 8.99. The lowest BCUT2D eigenvalue weighted by atomic mass is 10.3. The molecule has 0 amide bonds. The van der Waals surface area contributed by atoms with E-state index in [-0.39, 0.29) is 16.4 Å². The Hall–Kier alpha value is -1.92. The predicted molar refractivity (Wildman–Crippen MR) is 73.6 cm³/mol. The van der Waals surface area contributed by atoms with Gasteiger partial charge in [0.25, 0.3) is 10.0 Å². The number of hydrogen-bond donors (Lipinski definition) is 1. The highest BCUT2D eigenvalue weighted by Gasteiger charge is 2.14. The zero-order valence-corrected chi connectivity index (χ0v) is 11.3. The van der Waals surface area contributed by atoms with Gasteiger partial charge in [-0.05, 0) is 24.3 Å². The fraction of sp³-hybridized carbons (Fsp3) is 0. The number of benzene rings is 1. The lowest BCUT2D eigenvalue weighted by Gasteiger charge is -2.02. The van der Waals surface area contributed by atoms with Gasteiger partial charge >= 0.3 is 0 Å². The van der Waals surface area contributed by atoms with Crippen LogP contribution in [0, 0.1) is 0 Å². The van der Waals surface area contributed by atoms with Crippen molar-refractivity contribution >= 4 is 27.5 Å². The van der Waals surface area contributed by atoms with Crippen molar-refractivity contribution < 1.29 is 8.42 Å². The molecule has 0 spiro atoms. The molecule has 0 unspecified atom stereocenters. The third-order valence-corrected chi connectivity index (χ3v) is 3.78. The number of halogens is 1. The number of nitrogens with zero attached hydrogens (tertiary/aromatic N) is 2. The zero-order chi connectivity index (χ0) is 13.9. The standard InChI is InChI=1S/C12H10ClN3O2S/c13-9-6-7-15-11(8-9)12(14)16-19(17,18)10-4-2-1-3-5-10/h1-8H,(H2,14,16). The van der Waals surface area contributed by atoms with E-state index in [2.05, 4.69) is 9.38 Å². The second kappa shape index (κ2) is 5.38. The summed E-state index contributed by atoms with van der Waals surface area (Å²) in [5.74, 6) is -0.202. The molecule has 0 atom stereocenters. The first kappa shape index (κ1) is 13.5. The molecule has 2 rings (SSSR count). The monoisotopic (exact) mass is 295 g/mol. The smallest absolute Gasteiger partial charge is 0.284 e. The van der Waals surface area contributed by atoms with Crippen molar-refractivity contribution in [3.05, 3.63) is 59.4 Å². The van der Waals surface area contributed by atoms with Crippen molar-refractivity contribution in [3.63, 3.8) is 0 Å². The van der Waals surface area contributed by atoms with Crippen LogP contribution in [0.5, 0.6) is 0 Å². The number of hydrogen-bond acceptors (Lipinski definition) is 3. The van der Waals surface area contributed by atoms with Gasteiger partial charge in [-0.25, -0.2) is 0 Å². The molecule has 1 aromatic heterocycles. The highest BCUT2D eigenvalue weighted by Crippen LogP contribution is 2.13. The van der Waals surface area contributed by atoms with Crippen LogP contribution in [0.15, 0.2) is 58.0 Å². The molecule has 0 saturated heterocycles. The van der Waals surface area contributed by atoms with Crippen molar-refractivity contribution in [2.45, 2.75) is 4.90 Å². The van der Waals surface area contributed by atoms with E-state index in [0.29, 0.717) is 5.02 Å². The number of aromatic nitrogens is 1. The molecule has 0 radical (unpaired) electrons. The summed E-state index contributed by atoms with van der Waals surface area (Å²) in [7, 11) is -3.84. The maximum Gasteiger partial charge on any atom is 0.284 e. The third-order valence-electron chi connectivity index (χ3n) is 2.24. The van der Waals surface area contributed by atoms with E-state index in [1.165, 1.54) is 24.4 Å². The number of sulfonamides is 1. The first-order valence-corrected chi connectivity index (χ1v) is 7.08. The van der Waals surface area contributed by atoms with Gasteiger partial charge in [0, 0.05) is 11.2 Å². The number of nitrogens with two attached hydrogens (primary N) is 1. The van der Waals surface area contributed by atoms with Gasteiger partial charge in [0.2, 0.25) is 0 Å². The molecular formula is C12H10ClN3O2S. The Balaban J connectivity index is 2.41. The van der Waals surface area contributed by atoms with Crippen LogP contribution < -0.4 is 5.73 Å². The molecule has 2 aromatic rings. The Kier molecular flexibility index (Phi) is 3.82. The second-order valence-electron chi connectivity index (χ2n) is 3.62. The van der Waals surface area contributed by atoms with Crippen LogP contribution in [0.25, 0.3) is 0 Å². The molecule has 5 nitrogen and oxygen atoms in total. The Morgan fingerprint density at radius 1 is 1.21 bits per heavy atom. The van der Waals surface area contributed by atoms with Gasteiger partial charge in [-0.15, -0.1) is 4.40 Å². The molecule has 19 heavy (non-hydrogen) atoms. The Labute approximate surface area is 115 Å². The van der Waals surface area contributed by atoms with E-state index in [1.807, 2.05) is 0 Å². The van der Waals surface area contributed by atoms with Crippen LogP contribution in [-0.2, 0) is 10.0 Å². The fourth-order valence-corrected chi connectivity index (χ4v) is 2.48. The van der Waals surface area contributed by atoms with Gasteiger partial charge < -0.3 is 5.73 Å². The third kappa shape index (κ3) is 3.30. The van der Waals surface area contributed by atoms with E-state index in [4.69, 9.17) is 17.3 Å². The van der Waals surface area contributed by atoms with Crippen LogP contribution in [0.2, 0.25) is 5.02 Å². The van der Waals surface area contributed by atoms with Crippen LogP contribution >= 0.6 is 11.6 Å². The minimum absolute atomic E-state index is 0.0694. The van der Waals surface area contributed by atoms with Crippen molar-refractivity contribution in [3.8, 4) is 0 Å². The summed E-state index contributed by atoms with van der Waals surface area (Å²) in [6, 6.07) is 10.8. The molecule has 0 fully saturated rings. The average molecular weight is 296 g/mol. The normalized spacial score (nSPS) is 12.4. The van der Waals surface area contributed by atoms with E-state index in [1.54, 1.807) is 24.3 Å². The van der Waals surface area contributed by atoms with E-state index < -0.39 is 10.0 Å². The largest absolute Gasteiger partial charge is 0.381 e. The highest BCUT2D eigenvalue weighted by molar-refractivity contribution is 7.90. The van der Waals surface area contributed by atoms with E-state index in [9.17, 15) is 8.42 Å². The molecule has 2 N–H and O–H groups in total. The molecule has 0 saturated carbocycles. The summed E-state index contributed by atoms with van der Waals surface area (Å²) in [5, 5.41) is 0.403. The van der Waals surface area contributed by atoms with Crippen LogP contribution in [0.3, 0.4) is 0 Å². The Morgan fingerprint density at radius 3 is 2.53 bits per heavy atom. The zero-order valence-electron chi connectivity index (χ0n) is 9.69. The second-order valence-corrected chi connectivity index (χ2v) is 5.66. The van der Waals surface area contributed by atoms with E-state index in [0.717, 1.165) is 0 Å². The Morgan fingerprint density at radius 2 is 1.89 bits per heavy atom. The predicted octanol–water partition coefficient (Wildman–Crippen LogP) is 1.83. The topological polar surface area (TPSA) is 85.4 Å². The summed E-state index contributed by atoms with van der Waals surface area (Å²) >= 11 is 5.78. The summed E-state index contributed by atoms with van der Waals surface area (Å²) in [6.07, 6.45) is 1.43. The molecular weight excluding hydrogens is 286 g/mol. The highest BCUT2D eigenvalue weighted by atomic mass is 35.5. The molecule has 7 heteroatoms. The molecule has 0 aliphatic rings. The van der Waals surface area contributed by atoms with E-state index >= 15 is 0 Å². The number of pyridine rings is 1. The summed E-state index contributed by atoms with van der Waals surface area (Å²) in [6.45, 7) is 0. The molecule has 1 aromatic carbocycles. The SMILES string of the molecule is N/C(=N\S(=O)(=O)c1ccccc1)c1cc(Cl)ccn1. The van der Waals surface area contributed by atoms with Gasteiger partial charge in [0.05, 0.1) is 4.90 Å². The fourth-order valence-electron chi connectivity index (χ4n) is 1.37. The summed E-state index contributed by atoms with van der Waals surface area (Å²) in [4.78, 5) is 3.98. The summed E-state index contributed by atoms with van der Waals surface area (Å²) in [5.41, 5.74) is 5.85. The van der Waals surface area contributed by atoms with Crippen LogP contribution in [-0.4, -0.2) is 19.2 Å². The van der Waals surface area contributed by atoms with Crippen LogP contribution in [0.4, 0.5) is 0 Å². The number of amidine groups is 1. The molecule has 0 aliphatic heterocycles. The van der Waals surface area contributed by atoms with Gasteiger partial charge in [0.1, 0.15) is 5.69 Å². The van der Waals surface area contributed by atoms with Crippen molar-refractivity contribution in [1.29, 1.82) is 0 Å². The molecule has 98 valence electrons. The maximum absolute atomic E-state index is 12.0. The number of rotatable bonds is 3. The quantitative estimate of drug-likeness (QED) is 0.691. The first-order valence-electron chi connectivity index (χ1n) is 5.26. The molecule has 1 heterocycles. The maximum atomic E-state index is 12.0. The Bertz CT molecular complexity index is 715. The van der Waals surface area contributed by atoms with Crippen molar-refractivity contribution in [2.24, 2.45) is 10.1 Å². The van der Waals surface area contributed by atoms with Crippen LogP contribution in [0.1, 0.15) is 5.69 Å². The minimum Gasteiger partial charge on any atom is -0.381 e. The summed E-state index contributed by atoms with van der Waals surface area (Å²) < 4.78 is 27.5.